The fraction of sp³-hybridized carbons (Fsp3) is 0.615. The summed E-state index contributed by atoms with van der Waals surface area (Å²) in [6, 6.07) is 0. The van der Waals surface area contributed by atoms with Crippen molar-refractivity contribution < 1.29 is 0 Å². The van der Waals surface area contributed by atoms with E-state index in [0.29, 0.717) is 4.77 Å². The van der Waals surface area contributed by atoms with E-state index in [0.717, 1.165) is 33.9 Å². The molecule has 20 heavy (non-hydrogen) atoms. The third kappa shape index (κ3) is 2.99. The van der Waals surface area contributed by atoms with E-state index >= 15 is 0 Å². The molecule has 3 rings (SSSR count). The highest BCUT2D eigenvalue weighted by Gasteiger charge is 2.19. The molecule has 1 aliphatic heterocycles. The number of rotatable bonds is 3. The van der Waals surface area contributed by atoms with Gasteiger partial charge in [0.05, 0.1) is 17.1 Å². The van der Waals surface area contributed by atoms with Crippen LogP contribution in [0.4, 0.5) is 0 Å². The molecule has 1 unspecified atom stereocenters. The normalized spacial score (nSPS) is 20.4. The first-order valence-electron chi connectivity index (χ1n) is 6.95. The first-order valence-corrected chi connectivity index (χ1v) is 8.18. The van der Waals surface area contributed by atoms with Gasteiger partial charge in [0.1, 0.15) is 5.01 Å². The Morgan fingerprint density at radius 1 is 1.40 bits per heavy atom. The summed E-state index contributed by atoms with van der Waals surface area (Å²) in [5.74, 6) is 1.59. The maximum absolute atomic E-state index is 5.00. The monoisotopic (exact) mass is 309 g/mol. The fourth-order valence-corrected chi connectivity index (χ4v) is 3.93. The number of thiazole rings is 1. The van der Waals surface area contributed by atoms with Gasteiger partial charge in [-0.2, -0.15) is 4.98 Å². The Kier molecular flexibility index (Phi) is 4.00. The second-order valence-electron chi connectivity index (χ2n) is 5.52. The van der Waals surface area contributed by atoms with E-state index in [1.807, 2.05) is 6.92 Å². The van der Waals surface area contributed by atoms with Gasteiger partial charge in [0.15, 0.2) is 5.82 Å². The van der Waals surface area contributed by atoms with Crippen molar-refractivity contribution in [2.45, 2.75) is 33.2 Å². The van der Waals surface area contributed by atoms with Crippen LogP contribution in [-0.2, 0) is 6.54 Å². The molecule has 3 heterocycles. The summed E-state index contributed by atoms with van der Waals surface area (Å²) in [7, 11) is 0. The number of aromatic amines is 2. The molecule has 0 saturated carbocycles. The molecular formula is C13H19N5S2. The molecule has 1 aliphatic rings. The summed E-state index contributed by atoms with van der Waals surface area (Å²) < 4.78 is 0.485. The standard InChI is InChI=1S/C13H19N5S2/c1-8-4-3-5-18(6-8)7-10-14-9(2)11(20-10)12-15-13(19)17-16-12/h8H,3-7H2,1-2H3,(H2,15,16,17,19). The molecule has 108 valence electrons. The first kappa shape index (κ1) is 13.9. The maximum Gasteiger partial charge on any atom is 0.213 e. The lowest BCUT2D eigenvalue weighted by atomic mass is 10.0. The largest absolute Gasteiger partial charge is 0.296 e. The predicted molar refractivity (Wildman–Crippen MR) is 83.3 cm³/mol. The predicted octanol–water partition coefficient (Wildman–Crippen LogP) is 3.13. The van der Waals surface area contributed by atoms with Crippen molar-refractivity contribution >= 4 is 23.6 Å². The molecule has 0 amide bonds. The van der Waals surface area contributed by atoms with Gasteiger partial charge in [0.2, 0.25) is 4.77 Å². The quantitative estimate of drug-likeness (QED) is 0.855. The number of nitrogens with one attached hydrogen (secondary N) is 2. The van der Waals surface area contributed by atoms with E-state index in [9.17, 15) is 0 Å². The van der Waals surface area contributed by atoms with Crippen molar-refractivity contribution in [3.63, 3.8) is 0 Å². The van der Waals surface area contributed by atoms with E-state index < -0.39 is 0 Å². The highest BCUT2D eigenvalue weighted by Crippen LogP contribution is 2.28. The van der Waals surface area contributed by atoms with Crippen molar-refractivity contribution in [2.24, 2.45) is 5.92 Å². The lowest BCUT2D eigenvalue weighted by Crippen LogP contribution is -2.33. The van der Waals surface area contributed by atoms with E-state index in [1.165, 1.54) is 25.9 Å². The van der Waals surface area contributed by atoms with Gasteiger partial charge in [0.25, 0.3) is 0 Å². The third-order valence-corrected chi connectivity index (χ3v) is 5.00. The Labute approximate surface area is 127 Å². The van der Waals surface area contributed by atoms with Crippen LogP contribution in [-0.4, -0.2) is 38.2 Å². The van der Waals surface area contributed by atoms with Crippen LogP contribution in [0.2, 0.25) is 0 Å². The molecule has 0 radical (unpaired) electrons. The van der Waals surface area contributed by atoms with Crippen molar-refractivity contribution in [1.29, 1.82) is 0 Å². The number of hydrogen-bond donors (Lipinski definition) is 2. The molecule has 0 spiro atoms. The summed E-state index contributed by atoms with van der Waals surface area (Å²) >= 11 is 6.71. The first-order chi connectivity index (χ1) is 9.61. The van der Waals surface area contributed by atoms with Gasteiger partial charge in [-0.15, -0.1) is 11.3 Å². The Hall–Kier alpha value is -1.05. The van der Waals surface area contributed by atoms with Gasteiger partial charge in [0, 0.05) is 6.54 Å². The summed E-state index contributed by atoms with van der Waals surface area (Å²) in [4.78, 5) is 12.5. The molecule has 7 heteroatoms. The van der Waals surface area contributed by atoms with Crippen LogP contribution in [0, 0.1) is 17.6 Å². The highest BCUT2D eigenvalue weighted by molar-refractivity contribution is 7.71. The highest BCUT2D eigenvalue weighted by atomic mass is 32.1. The second-order valence-corrected chi connectivity index (χ2v) is 6.99. The zero-order valence-corrected chi connectivity index (χ0v) is 13.4. The molecular weight excluding hydrogens is 290 g/mol. The van der Waals surface area contributed by atoms with Crippen molar-refractivity contribution in [2.75, 3.05) is 13.1 Å². The van der Waals surface area contributed by atoms with Gasteiger partial charge < -0.3 is 0 Å². The number of H-pyrrole nitrogens is 2. The molecule has 0 aromatic carbocycles. The zero-order chi connectivity index (χ0) is 14.1. The third-order valence-electron chi connectivity index (χ3n) is 3.66. The lowest BCUT2D eigenvalue weighted by Gasteiger charge is -2.29. The van der Waals surface area contributed by atoms with Gasteiger partial charge in [-0.3, -0.25) is 15.1 Å². The number of aromatic nitrogens is 4. The maximum atomic E-state index is 5.00. The molecule has 2 N–H and O–H groups in total. The van der Waals surface area contributed by atoms with E-state index in [4.69, 9.17) is 12.2 Å². The number of likely N-dealkylation sites (tertiary alicyclic amines) is 1. The number of piperidine rings is 1. The summed E-state index contributed by atoms with van der Waals surface area (Å²) in [6.07, 6.45) is 2.65. The van der Waals surface area contributed by atoms with Crippen LogP contribution in [0.3, 0.4) is 0 Å². The van der Waals surface area contributed by atoms with Crippen LogP contribution in [0.1, 0.15) is 30.5 Å². The van der Waals surface area contributed by atoms with E-state index in [-0.39, 0.29) is 0 Å². The Morgan fingerprint density at radius 2 is 2.25 bits per heavy atom. The summed E-state index contributed by atoms with van der Waals surface area (Å²) in [5.41, 5.74) is 1.02. The van der Waals surface area contributed by atoms with Crippen LogP contribution >= 0.6 is 23.6 Å². The minimum absolute atomic E-state index is 0.485. The lowest BCUT2D eigenvalue weighted by molar-refractivity contribution is 0.176. The smallest absolute Gasteiger partial charge is 0.213 e. The Balaban J connectivity index is 1.77. The zero-order valence-electron chi connectivity index (χ0n) is 11.8. The van der Waals surface area contributed by atoms with E-state index in [1.54, 1.807) is 11.3 Å². The number of nitrogens with zero attached hydrogens (tertiary/aromatic N) is 3. The van der Waals surface area contributed by atoms with Gasteiger partial charge >= 0.3 is 0 Å². The molecule has 0 aliphatic carbocycles. The van der Waals surface area contributed by atoms with Crippen LogP contribution in [0.5, 0.6) is 0 Å². The minimum Gasteiger partial charge on any atom is -0.296 e. The SMILES string of the molecule is Cc1nc(CN2CCCC(C)C2)sc1-c1nc(=S)[nH][nH]1. The number of aryl methyl sites for hydroxylation is 1. The van der Waals surface area contributed by atoms with Crippen LogP contribution in [0.25, 0.3) is 10.7 Å². The van der Waals surface area contributed by atoms with Crippen molar-refractivity contribution in [3.05, 3.63) is 15.5 Å². The summed E-state index contributed by atoms with van der Waals surface area (Å²) in [6.45, 7) is 7.66. The topological polar surface area (TPSA) is 60.6 Å². The van der Waals surface area contributed by atoms with Gasteiger partial charge in [-0.1, -0.05) is 6.92 Å². The van der Waals surface area contributed by atoms with Crippen molar-refractivity contribution in [3.8, 4) is 10.7 Å². The molecule has 2 aromatic rings. The van der Waals surface area contributed by atoms with Crippen LogP contribution < -0.4 is 0 Å². The van der Waals surface area contributed by atoms with Gasteiger partial charge in [-0.25, -0.2) is 4.98 Å². The summed E-state index contributed by atoms with van der Waals surface area (Å²) in [5, 5.41) is 7.00. The molecule has 1 atom stereocenters. The Bertz CT molecular complexity index is 641. The Morgan fingerprint density at radius 3 is 2.95 bits per heavy atom. The average molecular weight is 309 g/mol. The van der Waals surface area contributed by atoms with Gasteiger partial charge in [-0.05, 0) is 44.4 Å². The number of hydrogen-bond acceptors (Lipinski definition) is 5. The fourth-order valence-electron chi connectivity index (χ4n) is 2.74. The molecule has 0 bridgehead atoms. The molecule has 1 fully saturated rings. The van der Waals surface area contributed by atoms with E-state index in [2.05, 4.69) is 32.0 Å². The van der Waals surface area contributed by atoms with Crippen LogP contribution in [0.15, 0.2) is 0 Å². The molecule has 1 saturated heterocycles. The second kappa shape index (κ2) is 5.75. The minimum atomic E-state index is 0.485. The van der Waals surface area contributed by atoms with Crippen molar-refractivity contribution in [1.82, 2.24) is 25.1 Å². The molecule has 5 nitrogen and oxygen atoms in total. The average Bonchev–Trinajstić information content (AvgIpc) is 2.96. The molecule has 2 aromatic heterocycles.